The lowest BCUT2D eigenvalue weighted by Gasteiger charge is -2.08. The third-order valence-corrected chi connectivity index (χ3v) is 3.23. The predicted molar refractivity (Wildman–Crippen MR) is 58.9 cm³/mol. The molecule has 1 unspecified atom stereocenters. The number of pyridine rings is 1. The number of hydrogen-bond donors (Lipinski definition) is 1. The van der Waals surface area contributed by atoms with E-state index in [-0.39, 0.29) is 0 Å². The molecular weight excluding hydrogens is 219 g/mol. The molecule has 2 heterocycles. The maximum atomic E-state index is 5.89. The summed E-state index contributed by atoms with van der Waals surface area (Å²) in [5.41, 5.74) is 1.17. The van der Waals surface area contributed by atoms with E-state index in [0.29, 0.717) is 16.1 Å². The molecule has 0 bridgehead atoms. The second-order valence-electron chi connectivity index (χ2n) is 3.68. The molecule has 0 amide bonds. The normalized spacial score (nSPS) is 21.4. The van der Waals surface area contributed by atoms with Gasteiger partial charge in [-0.05, 0) is 43.5 Å². The first-order valence-electron chi connectivity index (χ1n) is 4.76. The van der Waals surface area contributed by atoms with E-state index in [9.17, 15) is 0 Å². The van der Waals surface area contributed by atoms with Crippen LogP contribution >= 0.6 is 23.2 Å². The van der Waals surface area contributed by atoms with Crippen LogP contribution in [0.5, 0.6) is 0 Å². The van der Waals surface area contributed by atoms with Gasteiger partial charge in [-0.15, -0.1) is 0 Å². The lowest BCUT2D eigenvalue weighted by Crippen LogP contribution is -2.10. The molecule has 0 spiro atoms. The summed E-state index contributed by atoms with van der Waals surface area (Å²) in [6.07, 6.45) is 4.09. The Labute approximate surface area is 93.6 Å². The maximum absolute atomic E-state index is 5.89. The summed E-state index contributed by atoms with van der Waals surface area (Å²) < 4.78 is 0. The quantitative estimate of drug-likeness (QED) is 0.791. The lowest BCUT2D eigenvalue weighted by atomic mass is 10.0. The zero-order chi connectivity index (χ0) is 9.97. The molecule has 1 atom stereocenters. The topological polar surface area (TPSA) is 24.9 Å². The van der Waals surface area contributed by atoms with E-state index >= 15 is 0 Å². The first-order valence-corrected chi connectivity index (χ1v) is 5.52. The van der Waals surface area contributed by atoms with Crippen LogP contribution in [0.15, 0.2) is 12.3 Å². The lowest BCUT2D eigenvalue weighted by molar-refractivity contribution is 0.579. The molecule has 1 fully saturated rings. The molecule has 1 aliphatic rings. The number of halogens is 2. The molecule has 0 saturated carbocycles. The van der Waals surface area contributed by atoms with Crippen LogP contribution in [0.2, 0.25) is 10.2 Å². The minimum absolute atomic E-state index is 0.389. The smallest absolute Gasteiger partial charge is 0.147 e. The van der Waals surface area contributed by atoms with Crippen molar-refractivity contribution in [3.05, 3.63) is 28.0 Å². The van der Waals surface area contributed by atoms with Crippen molar-refractivity contribution in [1.29, 1.82) is 0 Å². The van der Waals surface area contributed by atoms with E-state index < -0.39 is 0 Å². The van der Waals surface area contributed by atoms with Crippen molar-refractivity contribution in [2.24, 2.45) is 5.92 Å². The second-order valence-corrected chi connectivity index (χ2v) is 4.44. The minimum atomic E-state index is 0.389. The van der Waals surface area contributed by atoms with Crippen LogP contribution in [-0.4, -0.2) is 18.1 Å². The Kier molecular flexibility index (Phi) is 3.26. The first-order chi connectivity index (χ1) is 6.75. The van der Waals surface area contributed by atoms with Gasteiger partial charge in [0.15, 0.2) is 0 Å². The summed E-state index contributed by atoms with van der Waals surface area (Å²) in [5, 5.41) is 4.28. The van der Waals surface area contributed by atoms with Gasteiger partial charge in [0.05, 0.1) is 5.02 Å². The van der Waals surface area contributed by atoms with Crippen molar-refractivity contribution in [2.75, 3.05) is 13.1 Å². The number of rotatable bonds is 2. The van der Waals surface area contributed by atoms with E-state index in [1.807, 2.05) is 12.3 Å². The summed E-state index contributed by atoms with van der Waals surface area (Å²) in [6.45, 7) is 2.22. The van der Waals surface area contributed by atoms with Gasteiger partial charge in [-0.25, -0.2) is 4.98 Å². The van der Waals surface area contributed by atoms with Gasteiger partial charge in [-0.2, -0.15) is 0 Å². The highest BCUT2D eigenvalue weighted by Crippen LogP contribution is 2.22. The molecule has 1 N–H and O–H groups in total. The fourth-order valence-corrected chi connectivity index (χ4v) is 2.09. The van der Waals surface area contributed by atoms with Crippen molar-refractivity contribution < 1.29 is 0 Å². The Morgan fingerprint density at radius 2 is 2.36 bits per heavy atom. The van der Waals surface area contributed by atoms with Crippen molar-refractivity contribution in [3.8, 4) is 0 Å². The molecule has 2 nitrogen and oxygen atoms in total. The summed E-state index contributed by atoms with van der Waals surface area (Å²) in [5.74, 6) is 0.717. The number of hydrogen-bond acceptors (Lipinski definition) is 2. The third kappa shape index (κ3) is 2.38. The van der Waals surface area contributed by atoms with E-state index in [0.717, 1.165) is 19.5 Å². The van der Waals surface area contributed by atoms with Crippen LogP contribution in [0.3, 0.4) is 0 Å². The predicted octanol–water partition coefficient (Wildman–Crippen LogP) is 2.54. The van der Waals surface area contributed by atoms with Crippen LogP contribution in [0.4, 0.5) is 0 Å². The molecule has 14 heavy (non-hydrogen) atoms. The van der Waals surface area contributed by atoms with Crippen molar-refractivity contribution in [3.63, 3.8) is 0 Å². The highest BCUT2D eigenvalue weighted by molar-refractivity contribution is 6.41. The van der Waals surface area contributed by atoms with Crippen LogP contribution in [-0.2, 0) is 6.42 Å². The van der Waals surface area contributed by atoms with E-state index in [1.54, 1.807) is 0 Å². The Morgan fingerprint density at radius 3 is 3.00 bits per heavy atom. The van der Waals surface area contributed by atoms with Crippen LogP contribution < -0.4 is 5.32 Å². The largest absolute Gasteiger partial charge is 0.316 e. The van der Waals surface area contributed by atoms with Crippen molar-refractivity contribution in [2.45, 2.75) is 12.8 Å². The number of nitrogens with zero attached hydrogens (tertiary/aromatic N) is 1. The molecule has 1 aromatic heterocycles. The molecule has 0 aliphatic carbocycles. The van der Waals surface area contributed by atoms with Crippen LogP contribution in [0.1, 0.15) is 12.0 Å². The highest BCUT2D eigenvalue weighted by atomic mass is 35.5. The molecule has 0 radical (unpaired) electrons. The van der Waals surface area contributed by atoms with Gasteiger partial charge >= 0.3 is 0 Å². The molecule has 76 valence electrons. The van der Waals surface area contributed by atoms with E-state index in [4.69, 9.17) is 23.2 Å². The minimum Gasteiger partial charge on any atom is -0.316 e. The summed E-state index contributed by atoms with van der Waals surface area (Å²) in [7, 11) is 0. The fraction of sp³-hybridized carbons (Fsp3) is 0.500. The molecule has 1 saturated heterocycles. The Morgan fingerprint density at radius 1 is 1.50 bits per heavy atom. The van der Waals surface area contributed by atoms with Gasteiger partial charge in [-0.1, -0.05) is 23.2 Å². The van der Waals surface area contributed by atoms with Gasteiger partial charge in [0.2, 0.25) is 0 Å². The second kappa shape index (κ2) is 4.47. The molecule has 4 heteroatoms. The summed E-state index contributed by atoms with van der Waals surface area (Å²) in [6, 6.07) is 1.91. The monoisotopic (exact) mass is 230 g/mol. The van der Waals surface area contributed by atoms with Gasteiger partial charge in [-0.3, -0.25) is 0 Å². The third-order valence-electron chi connectivity index (χ3n) is 2.54. The van der Waals surface area contributed by atoms with Crippen LogP contribution in [0, 0.1) is 5.92 Å². The Bertz CT molecular complexity index is 322. The molecule has 2 rings (SSSR count). The number of nitrogens with one attached hydrogen (secondary N) is 1. The maximum Gasteiger partial charge on any atom is 0.147 e. The highest BCUT2D eigenvalue weighted by Gasteiger charge is 2.15. The van der Waals surface area contributed by atoms with E-state index in [1.165, 1.54) is 12.0 Å². The first kappa shape index (κ1) is 10.2. The zero-order valence-electron chi connectivity index (χ0n) is 7.76. The zero-order valence-corrected chi connectivity index (χ0v) is 9.28. The van der Waals surface area contributed by atoms with Crippen molar-refractivity contribution in [1.82, 2.24) is 10.3 Å². The number of aromatic nitrogens is 1. The van der Waals surface area contributed by atoms with Gasteiger partial charge in [0.1, 0.15) is 5.15 Å². The average Bonchev–Trinajstić information content (AvgIpc) is 2.64. The molecule has 0 aromatic carbocycles. The Hall–Kier alpha value is -0.310. The molecule has 1 aliphatic heterocycles. The Balaban J connectivity index is 2.05. The molecule has 1 aromatic rings. The average molecular weight is 231 g/mol. The SMILES string of the molecule is Clc1cc(CC2CCNC2)cnc1Cl. The van der Waals surface area contributed by atoms with Crippen LogP contribution in [0.25, 0.3) is 0 Å². The van der Waals surface area contributed by atoms with Crippen molar-refractivity contribution >= 4 is 23.2 Å². The summed E-state index contributed by atoms with van der Waals surface area (Å²) in [4.78, 5) is 4.03. The standard InChI is InChI=1S/C10H12Cl2N2/c11-9-4-8(6-14-10(9)12)3-7-1-2-13-5-7/h4,6-7,13H,1-3,5H2. The van der Waals surface area contributed by atoms with E-state index in [2.05, 4.69) is 10.3 Å². The summed E-state index contributed by atoms with van der Waals surface area (Å²) >= 11 is 11.6. The van der Waals surface area contributed by atoms with Gasteiger partial charge < -0.3 is 5.32 Å². The van der Waals surface area contributed by atoms with Gasteiger partial charge in [0, 0.05) is 6.20 Å². The van der Waals surface area contributed by atoms with Gasteiger partial charge in [0.25, 0.3) is 0 Å². The molecular formula is C10H12Cl2N2. The fourth-order valence-electron chi connectivity index (χ4n) is 1.79.